The number of carbonyl (C=O) groups is 1. The summed E-state index contributed by atoms with van der Waals surface area (Å²) in [6.07, 6.45) is 0.0505. The highest BCUT2D eigenvalue weighted by molar-refractivity contribution is 5.70. The molecule has 0 saturated heterocycles. The van der Waals surface area contributed by atoms with Gasteiger partial charge >= 0.3 is 5.97 Å². The fraction of sp³-hybridized carbons (Fsp3) is 0.333. The molecule has 0 fully saturated rings. The molecule has 0 saturated carbocycles. The molecule has 0 bridgehead atoms. The van der Waals surface area contributed by atoms with Crippen molar-refractivity contribution in [2.24, 2.45) is 0 Å². The maximum absolute atomic E-state index is 13.4. The predicted octanol–water partition coefficient (Wildman–Crippen LogP) is 2.20. The molecule has 0 spiro atoms. The van der Waals surface area contributed by atoms with Crippen LogP contribution in [0.1, 0.15) is 18.9 Å². The van der Waals surface area contributed by atoms with Crippen molar-refractivity contribution >= 4 is 11.7 Å². The summed E-state index contributed by atoms with van der Waals surface area (Å²) in [5, 5.41) is 11.1. The van der Waals surface area contributed by atoms with E-state index in [-0.39, 0.29) is 30.8 Å². The first-order chi connectivity index (χ1) is 8.60. The van der Waals surface area contributed by atoms with Crippen molar-refractivity contribution in [3.63, 3.8) is 0 Å². The molecule has 4 nitrogen and oxygen atoms in total. The van der Waals surface area contributed by atoms with Gasteiger partial charge in [-0.25, -0.2) is 8.78 Å². The largest absolute Gasteiger partial charge is 0.466 e. The zero-order valence-electron chi connectivity index (χ0n) is 9.80. The highest BCUT2D eigenvalue weighted by Crippen LogP contribution is 2.19. The van der Waals surface area contributed by atoms with E-state index >= 15 is 0 Å². The number of nitrogens with zero attached hydrogens (tertiary/aromatic N) is 1. The minimum absolute atomic E-state index is 0.0505. The molecular formula is C12H12F2N2O2. The average molecular weight is 254 g/mol. The Morgan fingerprint density at radius 1 is 1.44 bits per heavy atom. The highest BCUT2D eigenvalue weighted by atomic mass is 19.2. The second-order valence-corrected chi connectivity index (χ2v) is 3.38. The van der Waals surface area contributed by atoms with Gasteiger partial charge < -0.3 is 10.1 Å². The zero-order chi connectivity index (χ0) is 13.5. The molecule has 1 N–H and O–H groups in total. The minimum atomic E-state index is -1.20. The fourth-order valence-electron chi connectivity index (χ4n) is 1.30. The Balaban J connectivity index is 2.62. The predicted molar refractivity (Wildman–Crippen MR) is 60.8 cm³/mol. The summed E-state index contributed by atoms with van der Waals surface area (Å²) >= 11 is 0. The molecule has 0 radical (unpaired) electrons. The lowest BCUT2D eigenvalue weighted by atomic mass is 10.2. The number of hydrogen-bond donors (Lipinski definition) is 1. The van der Waals surface area contributed by atoms with Crippen molar-refractivity contribution in [2.45, 2.75) is 13.3 Å². The van der Waals surface area contributed by atoms with Gasteiger partial charge in [0.1, 0.15) is 6.07 Å². The Kier molecular flexibility index (Phi) is 5.06. The molecule has 1 aromatic carbocycles. The zero-order valence-corrected chi connectivity index (χ0v) is 9.80. The van der Waals surface area contributed by atoms with Crippen molar-refractivity contribution in [2.75, 3.05) is 18.5 Å². The van der Waals surface area contributed by atoms with E-state index < -0.39 is 17.6 Å². The minimum Gasteiger partial charge on any atom is -0.466 e. The standard InChI is InChI=1S/C12H12F2N2O2/c1-2-18-10(17)5-6-16-9-4-3-8(7-15)11(13)12(9)14/h3-4,16H,2,5-6H2,1H3. The maximum Gasteiger partial charge on any atom is 0.307 e. The first-order valence-corrected chi connectivity index (χ1v) is 5.37. The van der Waals surface area contributed by atoms with Crippen LogP contribution in [0.5, 0.6) is 0 Å². The Bertz CT molecular complexity index is 484. The number of nitriles is 1. The van der Waals surface area contributed by atoms with Gasteiger partial charge in [0.15, 0.2) is 11.6 Å². The smallest absolute Gasteiger partial charge is 0.307 e. The molecule has 0 heterocycles. The lowest BCUT2D eigenvalue weighted by molar-refractivity contribution is -0.142. The molecule has 0 aliphatic heterocycles. The van der Waals surface area contributed by atoms with Crippen molar-refractivity contribution in [3.8, 4) is 6.07 Å². The van der Waals surface area contributed by atoms with Gasteiger partial charge in [0.05, 0.1) is 24.3 Å². The van der Waals surface area contributed by atoms with Crippen LogP contribution in [0.25, 0.3) is 0 Å². The lowest BCUT2D eigenvalue weighted by Gasteiger charge is -2.08. The molecule has 1 rings (SSSR count). The van der Waals surface area contributed by atoms with Crippen LogP contribution in [0.2, 0.25) is 0 Å². The summed E-state index contributed by atoms with van der Waals surface area (Å²) in [4.78, 5) is 11.0. The van der Waals surface area contributed by atoms with Gasteiger partial charge in [-0.05, 0) is 19.1 Å². The quantitative estimate of drug-likeness (QED) is 0.818. The van der Waals surface area contributed by atoms with E-state index in [1.54, 1.807) is 6.92 Å². The normalized spacial score (nSPS) is 9.67. The summed E-state index contributed by atoms with van der Waals surface area (Å²) < 4.78 is 31.3. The third-order valence-electron chi connectivity index (χ3n) is 2.15. The van der Waals surface area contributed by atoms with Gasteiger partial charge in [-0.2, -0.15) is 5.26 Å². The molecule has 0 unspecified atom stereocenters. The van der Waals surface area contributed by atoms with Gasteiger partial charge in [-0.3, -0.25) is 4.79 Å². The Hall–Kier alpha value is -2.16. The third-order valence-corrected chi connectivity index (χ3v) is 2.15. The van der Waals surface area contributed by atoms with E-state index in [2.05, 4.69) is 10.1 Å². The molecule has 6 heteroatoms. The molecule has 0 aliphatic rings. The molecular weight excluding hydrogens is 242 g/mol. The average Bonchev–Trinajstić information content (AvgIpc) is 2.35. The molecule has 0 atom stereocenters. The van der Waals surface area contributed by atoms with Crippen molar-refractivity contribution in [1.82, 2.24) is 0 Å². The molecule has 96 valence electrons. The highest BCUT2D eigenvalue weighted by Gasteiger charge is 2.13. The molecule has 0 amide bonds. The Morgan fingerprint density at radius 3 is 2.78 bits per heavy atom. The van der Waals surface area contributed by atoms with E-state index in [1.807, 2.05) is 0 Å². The molecule has 0 aromatic heterocycles. The Labute approximate surface area is 103 Å². The third kappa shape index (κ3) is 3.42. The number of rotatable bonds is 5. The van der Waals surface area contributed by atoms with E-state index in [0.29, 0.717) is 0 Å². The number of esters is 1. The number of anilines is 1. The van der Waals surface area contributed by atoms with Crippen LogP contribution in [0, 0.1) is 23.0 Å². The van der Waals surface area contributed by atoms with Crippen molar-refractivity contribution < 1.29 is 18.3 Å². The van der Waals surface area contributed by atoms with Crippen LogP contribution in [0.4, 0.5) is 14.5 Å². The summed E-state index contributed by atoms with van der Waals surface area (Å²) in [7, 11) is 0. The van der Waals surface area contributed by atoms with Gasteiger partial charge in [0.25, 0.3) is 0 Å². The lowest BCUT2D eigenvalue weighted by Crippen LogP contribution is -2.12. The van der Waals surface area contributed by atoms with Crippen LogP contribution in [-0.2, 0) is 9.53 Å². The first-order valence-electron chi connectivity index (χ1n) is 5.37. The van der Waals surface area contributed by atoms with Gasteiger partial charge in [-0.1, -0.05) is 0 Å². The van der Waals surface area contributed by atoms with Crippen LogP contribution in [0.15, 0.2) is 12.1 Å². The fourth-order valence-corrected chi connectivity index (χ4v) is 1.30. The van der Waals surface area contributed by atoms with Crippen LogP contribution >= 0.6 is 0 Å². The summed E-state index contributed by atoms with van der Waals surface area (Å²) in [6, 6.07) is 3.96. The maximum atomic E-state index is 13.4. The monoisotopic (exact) mass is 254 g/mol. The molecule has 0 aliphatic carbocycles. The topological polar surface area (TPSA) is 62.1 Å². The molecule has 18 heavy (non-hydrogen) atoms. The van der Waals surface area contributed by atoms with Gasteiger partial charge in [0.2, 0.25) is 0 Å². The Morgan fingerprint density at radius 2 is 2.17 bits per heavy atom. The first kappa shape index (κ1) is 13.9. The number of benzene rings is 1. The van der Waals surface area contributed by atoms with Crippen LogP contribution < -0.4 is 5.32 Å². The molecule has 1 aromatic rings. The summed E-state index contributed by atoms with van der Waals surface area (Å²) in [6.45, 7) is 2.08. The van der Waals surface area contributed by atoms with Crippen LogP contribution in [0.3, 0.4) is 0 Å². The van der Waals surface area contributed by atoms with E-state index in [1.165, 1.54) is 18.2 Å². The number of halogens is 2. The number of hydrogen-bond acceptors (Lipinski definition) is 4. The number of carbonyl (C=O) groups excluding carboxylic acids is 1. The van der Waals surface area contributed by atoms with E-state index in [9.17, 15) is 13.6 Å². The summed E-state index contributed by atoms with van der Waals surface area (Å²) in [5.41, 5.74) is -0.445. The van der Waals surface area contributed by atoms with Crippen molar-refractivity contribution in [1.29, 1.82) is 5.26 Å². The van der Waals surface area contributed by atoms with E-state index in [4.69, 9.17) is 5.26 Å². The second-order valence-electron chi connectivity index (χ2n) is 3.38. The number of ether oxygens (including phenoxy) is 1. The van der Waals surface area contributed by atoms with Gasteiger partial charge in [0, 0.05) is 6.54 Å². The SMILES string of the molecule is CCOC(=O)CCNc1ccc(C#N)c(F)c1F. The van der Waals surface area contributed by atoms with Crippen LogP contribution in [-0.4, -0.2) is 19.1 Å². The number of nitrogens with one attached hydrogen (secondary N) is 1. The van der Waals surface area contributed by atoms with Gasteiger partial charge in [-0.15, -0.1) is 0 Å². The van der Waals surface area contributed by atoms with E-state index in [0.717, 1.165) is 0 Å². The second kappa shape index (κ2) is 6.55. The summed E-state index contributed by atoms with van der Waals surface area (Å²) in [5.74, 6) is -2.74. The van der Waals surface area contributed by atoms with Crippen molar-refractivity contribution in [3.05, 3.63) is 29.3 Å².